The summed E-state index contributed by atoms with van der Waals surface area (Å²) in [6, 6.07) is 3.87. The van der Waals surface area contributed by atoms with Gasteiger partial charge in [-0.2, -0.15) is 11.3 Å². The third-order valence-corrected chi connectivity index (χ3v) is 5.57. The third-order valence-electron chi connectivity index (χ3n) is 3.65. The highest BCUT2D eigenvalue weighted by Crippen LogP contribution is 2.21. The molecule has 0 bridgehead atoms. The molecule has 0 aliphatic rings. The van der Waals surface area contributed by atoms with Crippen LogP contribution in [0.25, 0.3) is 10.2 Å². The van der Waals surface area contributed by atoms with Gasteiger partial charge in [0.1, 0.15) is 11.4 Å². The van der Waals surface area contributed by atoms with E-state index >= 15 is 0 Å². The molecular formula is C16H17N3O2S2. The van der Waals surface area contributed by atoms with Gasteiger partial charge in [-0.1, -0.05) is 6.92 Å². The van der Waals surface area contributed by atoms with E-state index in [2.05, 4.69) is 4.98 Å². The molecule has 0 aliphatic carbocycles. The number of carbonyl (C=O) groups excluding carboxylic acids is 1. The highest BCUT2D eigenvalue weighted by molar-refractivity contribution is 7.18. The molecule has 0 atom stereocenters. The number of thiophene rings is 2. The molecule has 0 saturated carbocycles. The van der Waals surface area contributed by atoms with Gasteiger partial charge in [0.15, 0.2) is 0 Å². The molecule has 120 valence electrons. The molecule has 0 spiro atoms. The SMILES string of the molecule is CCc1cc2c(=O)n(CC(=O)N(C)Cc3ccsc3)cnc2s1. The van der Waals surface area contributed by atoms with Gasteiger partial charge < -0.3 is 4.90 Å². The molecule has 0 N–H and O–H groups in total. The second kappa shape index (κ2) is 6.64. The first kappa shape index (κ1) is 15.9. The predicted octanol–water partition coefficient (Wildman–Crippen LogP) is 2.74. The van der Waals surface area contributed by atoms with Gasteiger partial charge in [-0.25, -0.2) is 4.98 Å². The maximum absolute atomic E-state index is 12.5. The largest absolute Gasteiger partial charge is 0.340 e. The van der Waals surface area contributed by atoms with Crippen molar-refractivity contribution in [2.45, 2.75) is 26.4 Å². The summed E-state index contributed by atoms with van der Waals surface area (Å²) >= 11 is 3.13. The van der Waals surface area contributed by atoms with Crippen LogP contribution in [0.2, 0.25) is 0 Å². The first-order valence-corrected chi connectivity index (χ1v) is 9.07. The molecule has 5 nitrogen and oxygen atoms in total. The number of rotatable bonds is 5. The molecule has 3 heterocycles. The van der Waals surface area contributed by atoms with Crippen LogP contribution in [0, 0.1) is 0 Å². The maximum atomic E-state index is 12.5. The second-order valence-electron chi connectivity index (χ2n) is 5.34. The van der Waals surface area contributed by atoms with Crippen molar-refractivity contribution in [3.8, 4) is 0 Å². The Balaban J connectivity index is 1.79. The molecule has 0 fully saturated rings. The van der Waals surface area contributed by atoms with E-state index in [1.807, 2.05) is 29.8 Å². The van der Waals surface area contributed by atoms with Gasteiger partial charge in [-0.3, -0.25) is 14.2 Å². The minimum absolute atomic E-state index is 0.0136. The molecule has 3 rings (SSSR count). The quantitative estimate of drug-likeness (QED) is 0.713. The van der Waals surface area contributed by atoms with Crippen molar-refractivity contribution in [2.75, 3.05) is 7.05 Å². The number of nitrogens with zero attached hydrogens (tertiary/aromatic N) is 3. The smallest absolute Gasteiger partial charge is 0.262 e. The lowest BCUT2D eigenvalue weighted by molar-refractivity contribution is -0.131. The zero-order chi connectivity index (χ0) is 16.4. The van der Waals surface area contributed by atoms with Crippen LogP contribution in [0.1, 0.15) is 17.4 Å². The fourth-order valence-electron chi connectivity index (χ4n) is 2.31. The Morgan fingerprint density at radius 3 is 2.96 bits per heavy atom. The van der Waals surface area contributed by atoms with E-state index in [0.29, 0.717) is 11.9 Å². The van der Waals surface area contributed by atoms with Crippen molar-refractivity contribution in [1.82, 2.24) is 14.5 Å². The van der Waals surface area contributed by atoms with Crippen LogP contribution >= 0.6 is 22.7 Å². The van der Waals surface area contributed by atoms with Gasteiger partial charge in [-0.15, -0.1) is 11.3 Å². The number of aryl methyl sites for hydroxylation is 1. The first-order valence-electron chi connectivity index (χ1n) is 7.31. The minimum atomic E-state index is -0.150. The van der Waals surface area contributed by atoms with E-state index in [-0.39, 0.29) is 18.0 Å². The number of fused-ring (bicyclic) bond motifs is 1. The summed E-state index contributed by atoms with van der Waals surface area (Å²) in [5.74, 6) is -0.106. The van der Waals surface area contributed by atoms with Gasteiger partial charge in [0.25, 0.3) is 5.56 Å². The normalized spacial score (nSPS) is 11.0. The lowest BCUT2D eigenvalue weighted by Gasteiger charge is -2.17. The molecule has 0 aliphatic heterocycles. The molecule has 1 amide bonds. The van der Waals surface area contributed by atoms with Gasteiger partial charge in [0, 0.05) is 18.5 Å². The molecule has 0 aromatic carbocycles. The molecule has 23 heavy (non-hydrogen) atoms. The summed E-state index contributed by atoms with van der Waals surface area (Å²) in [5, 5.41) is 4.60. The zero-order valence-electron chi connectivity index (χ0n) is 13.0. The Kier molecular flexibility index (Phi) is 4.58. The van der Waals surface area contributed by atoms with Crippen LogP contribution in [0.5, 0.6) is 0 Å². The fraction of sp³-hybridized carbons (Fsp3) is 0.312. The van der Waals surface area contributed by atoms with Crippen LogP contribution in [0.15, 0.2) is 34.0 Å². The Hall–Kier alpha value is -1.99. The van der Waals surface area contributed by atoms with E-state index in [4.69, 9.17) is 0 Å². The summed E-state index contributed by atoms with van der Waals surface area (Å²) in [7, 11) is 1.75. The third kappa shape index (κ3) is 3.35. The van der Waals surface area contributed by atoms with Crippen LogP contribution in [-0.4, -0.2) is 27.4 Å². The minimum Gasteiger partial charge on any atom is -0.340 e. The van der Waals surface area contributed by atoms with Gasteiger partial charge in [0.2, 0.25) is 5.91 Å². The summed E-state index contributed by atoms with van der Waals surface area (Å²) in [6.07, 6.45) is 2.35. The van der Waals surface area contributed by atoms with Crippen molar-refractivity contribution < 1.29 is 4.79 Å². The maximum Gasteiger partial charge on any atom is 0.262 e. The van der Waals surface area contributed by atoms with E-state index in [9.17, 15) is 9.59 Å². The first-order chi connectivity index (χ1) is 11.1. The van der Waals surface area contributed by atoms with Crippen LogP contribution in [0.3, 0.4) is 0 Å². The second-order valence-corrected chi connectivity index (χ2v) is 7.24. The number of amides is 1. The summed E-state index contributed by atoms with van der Waals surface area (Å²) < 4.78 is 1.39. The van der Waals surface area contributed by atoms with Crippen molar-refractivity contribution in [2.24, 2.45) is 0 Å². The zero-order valence-corrected chi connectivity index (χ0v) is 14.6. The molecular weight excluding hydrogens is 330 g/mol. The highest BCUT2D eigenvalue weighted by atomic mass is 32.1. The summed E-state index contributed by atoms with van der Waals surface area (Å²) in [6.45, 7) is 2.61. The fourth-order valence-corrected chi connectivity index (χ4v) is 3.89. The average molecular weight is 347 g/mol. The number of aromatic nitrogens is 2. The van der Waals surface area contributed by atoms with E-state index in [1.165, 1.54) is 22.2 Å². The van der Waals surface area contributed by atoms with Crippen molar-refractivity contribution >= 4 is 38.8 Å². The van der Waals surface area contributed by atoms with E-state index in [0.717, 1.165) is 21.7 Å². The summed E-state index contributed by atoms with van der Waals surface area (Å²) in [5.41, 5.74) is 0.945. The van der Waals surface area contributed by atoms with E-state index < -0.39 is 0 Å². The van der Waals surface area contributed by atoms with Crippen LogP contribution in [-0.2, 0) is 24.3 Å². The molecule has 3 aromatic rings. The average Bonchev–Trinajstić information content (AvgIpc) is 3.19. The number of carbonyl (C=O) groups is 1. The number of likely N-dealkylation sites (N-methyl/N-ethyl adjacent to an activating group) is 1. The molecule has 0 unspecified atom stereocenters. The molecule has 3 aromatic heterocycles. The van der Waals surface area contributed by atoms with Crippen molar-refractivity contribution in [3.63, 3.8) is 0 Å². The van der Waals surface area contributed by atoms with Gasteiger partial charge in [-0.05, 0) is 34.9 Å². The van der Waals surface area contributed by atoms with Crippen molar-refractivity contribution in [1.29, 1.82) is 0 Å². The Labute approximate surface area is 141 Å². The molecule has 7 heteroatoms. The van der Waals surface area contributed by atoms with Gasteiger partial charge >= 0.3 is 0 Å². The predicted molar refractivity (Wildman–Crippen MR) is 94.1 cm³/mol. The summed E-state index contributed by atoms with van der Waals surface area (Å²) in [4.78, 5) is 32.6. The van der Waals surface area contributed by atoms with Crippen molar-refractivity contribution in [3.05, 3.63) is 50.0 Å². The van der Waals surface area contributed by atoms with Crippen LogP contribution in [0.4, 0.5) is 0 Å². The lowest BCUT2D eigenvalue weighted by atomic mass is 10.3. The monoisotopic (exact) mass is 347 g/mol. The number of hydrogen-bond acceptors (Lipinski definition) is 5. The van der Waals surface area contributed by atoms with E-state index in [1.54, 1.807) is 23.3 Å². The Morgan fingerprint density at radius 2 is 2.26 bits per heavy atom. The lowest BCUT2D eigenvalue weighted by Crippen LogP contribution is -2.33. The molecule has 0 saturated heterocycles. The van der Waals surface area contributed by atoms with Gasteiger partial charge in [0.05, 0.1) is 11.7 Å². The Morgan fingerprint density at radius 1 is 1.43 bits per heavy atom. The standard InChI is InChI=1S/C16H17N3O2S2/c1-3-12-6-13-15(23-12)17-10-19(16(13)21)8-14(20)18(2)7-11-4-5-22-9-11/h4-6,9-10H,3,7-8H2,1-2H3. The Bertz CT molecular complexity index is 881. The topological polar surface area (TPSA) is 55.2 Å². The van der Waals surface area contributed by atoms with Crippen LogP contribution < -0.4 is 5.56 Å². The highest BCUT2D eigenvalue weighted by Gasteiger charge is 2.14. The molecule has 0 radical (unpaired) electrons. The number of hydrogen-bond donors (Lipinski definition) is 0.